The third kappa shape index (κ3) is 3.86. The van der Waals surface area contributed by atoms with Crippen LogP contribution >= 0.6 is 0 Å². The Morgan fingerprint density at radius 3 is 1.09 bits per heavy atom. The molecular weight excluding hydrogens is 412 g/mol. The molecule has 0 aromatic rings. The van der Waals surface area contributed by atoms with E-state index in [0.717, 1.165) is 22.2 Å². The van der Waals surface area contributed by atoms with E-state index in [-0.39, 0.29) is 7.43 Å². The molecule has 0 spiro atoms. The molecule has 4 aliphatic rings. The maximum atomic E-state index is 2.51. The molecule has 1 unspecified atom stereocenters. The normalized spacial score (nSPS) is 35.7. The van der Waals surface area contributed by atoms with Crippen molar-refractivity contribution in [3.63, 3.8) is 0 Å². The van der Waals surface area contributed by atoms with Gasteiger partial charge in [-0.2, -0.15) is 0 Å². The van der Waals surface area contributed by atoms with E-state index < -0.39 is 0 Å². The molecule has 2 heteroatoms. The van der Waals surface area contributed by atoms with Crippen LogP contribution in [0.1, 0.15) is 131 Å². The highest BCUT2D eigenvalue weighted by Gasteiger charge is 2.86. The van der Waals surface area contributed by atoms with Gasteiger partial charge in [-0.15, -0.1) is 0 Å². The smallest absolute Gasteiger partial charge is 0.104 e. The van der Waals surface area contributed by atoms with Crippen LogP contribution in [0.5, 0.6) is 0 Å². The Labute approximate surface area is 217 Å². The van der Waals surface area contributed by atoms with Crippen molar-refractivity contribution in [2.24, 2.45) is 28.6 Å². The first-order chi connectivity index (χ1) is 14.1. The van der Waals surface area contributed by atoms with Crippen molar-refractivity contribution in [2.75, 3.05) is 21.1 Å². The Hall–Kier alpha value is -0.0800. The number of fused-ring (bicyclic) bond motifs is 1. The Bertz CT molecular complexity index is 715. The van der Waals surface area contributed by atoms with Crippen LogP contribution < -0.4 is 0 Å². The summed E-state index contributed by atoms with van der Waals surface area (Å²) in [6.45, 7) is 39.0. The van der Waals surface area contributed by atoms with Crippen LogP contribution in [0, 0.1) is 28.6 Å². The lowest BCUT2D eigenvalue weighted by molar-refractivity contribution is -1.06. The summed E-state index contributed by atoms with van der Waals surface area (Å²) >= 11 is 0. The molecule has 34 heavy (non-hydrogen) atoms. The molecule has 2 bridgehead atoms. The Morgan fingerprint density at radius 1 is 0.529 bits per heavy atom. The monoisotopic (exact) mass is 481 g/mol. The summed E-state index contributed by atoms with van der Waals surface area (Å²) in [7, 11) is 7.25. The van der Waals surface area contributed by atoms with Gasteiger partial charge in [0.2, 0.25) is 0 Å². The Kier molecular flexibility index (Phi) is 7.48. The van der Waals surface area contributed by atoms with Gasteiger partial charge < -0.3 is 8.97 Å². The molecule has 0 saturated carbocycles. The average Bonchev–Trinajstić information content (AvgIpc) is 2.75. The summed E-state index contributed by atoms with van der Waals surface area (Å²) in [5.74, 6) is 2.51. The number of quaternary nitrogens is 2. The number of rotatable bonds is 2. The molecule has 204 valence electrons. The maximum absolute atomic E-state index is 2.51. The van der Waals surface area contributed by atoms with E-state index in [1.54, 1.807) is 0 Å². The van der Waals surface area contributed by atoms with E-state index in [1.165, 1.54) is 17.3 Å². The lowest BCUT2D eigenvalue weighted by atomic mass is 9.56. The number of hydrogen-bond acceptors (Lipinski definition) is 0. The van der Waals surface area contributed by atoms with Crippen LogP contribution in [0.4, 0.5) is 0 Å². The van der Waals surface area contributed by atoms with Gasteiger partial charge in [-0.1, -0.05) is 49.0 Å². The average molecular weight is 481 g/mol. The molecule has 4 saturated heterocycles. The first-order valence-corrected chi connectivity index (χ1v) is 13.8. The van der Waals surface area contributed by atoms with E-state index in [0.29, 0.717) is 38.5 Å². The molecule has 4 rings (SSSR count). The van der Waals surface area contributed by atoms with Gasteiger partial charge in [-0.25, -0.2) is 0 Å². The van der Waals surface area contributed by atoms with Crippen LogP contribution in [0.2, 0.25) is 0 Å². The second-order valence-corrected chi connectivity index (χ2v) is 17.9. The first-order valence-electron chi connectivity index (χ1n) is 13.8. The van der Waals surface area contributed by atoms with Gasteiger partial charge in [0.1, 0.15) is 22.2 Å². The highest BCUT2D eigenvalue weighted by Crippen LogP contribution is 2.73. The van der Waals surface area contributed by atoms with E-state index in [2.05, 4.69) is 132 Å². The van der Waals surface area contributed by atoms with E-state index in [9.17, 15) is 0 Å². The highest BCUT2D eigenvalue weighted by molar-refractivity contribution is 5.18. The second-order valence-electron chi connectivity index (χ2n) is 17.9. The van der Waals surface area contributed by atoms with Crippen molar-refractivity contribution >= 4 is 0 Å². The van der Waals surface area contributed by atoms with Crippen LogP contribution in [-0.2, 0) is 0 Å². The van der Waals surface area contributed by atoms with Crippen molar-refractivity contribution < 1.29 is 8.97 Å². The standard InChI is InChI=1S/C17H34N.C14H30N.CH4/c1-14(2,3)11-12-13-16(6,7)18(10,15(12,4)5)17(13,8)9;1-12(2,3)10-11-13(4,5)15(8,9)14(11,6)7;/h12-13H,11H2,1-10H3;11H,10H2,1-9H3;1H4/q2*+1;. The molecule has 0 aromatic carbocycles. The van der Waals surface area contributed by atoms with Gasteiger partial charge in [0.15, 0.2) is 0 Å². The third-order valence-corrected chi connectivity index (χ3v) is 12.5. The summed E-state index contributed by atoms with van der Waals surface area (Å²) in [5.41, 5.74) is 2.97. The molecule has 0 aromatic heterocycles. The first kappa shape index (κ1) is 31.9. The fourth-order valence-electron chi connectivity index (χ4n) is 9.77. The molecular formula is C32H68N2+2. The number of likely N-dealkylation sites (tertiary alicyclic amines) is 1. The van der Waals surface area contributed by atoms with Gasteiger partial charge >= 0.3 is 0 Å². The van der Waals surface area contributed by atoms with Crippen molar-refractivity contribution in [3.05, 3.63) is 0 Å². The predicted octanol–water partition coefficient (Wildman–Crippen LogP) is 8.79. The van der Waals surface area contributed by atoms with E-state index in [4.69, 9.17) is 0 Å². The molecule has 1 atom stereocenters. The fraction of sp³-hybridized carbons (Fsp3) is 1.00. The zero-order valence-electron chi connectivity index (χ0n) is 26.5. The van der Waals surface area contributed by atoms with E-state index >= 15 is 0 Å². The minimum atomic E-state index is 0. The van der Waals surface area contributed by atoms with Crippen molar-refractivity contribution in [3.8, 4) is 0 Å². The minimum Gasteiger partial charge on any atom is -0.319 e. The summed E-state index contributed by atoms with van der Waals surface area (Å²) < 4.78 is 2.37. The van der Waals surface area contributed by atoms with Crippen molar-refractivity contribution in [1.29, 1.82) is 0 Å². The molecule has 4 heterocycles. The van der Waals surface area contributed by atoms with E-state index in [1.807, 2.05) is 0 Å². The summed E-state index contributed by atoms with van der Waals surface area (Å²) in [5, 5.41) is 0. The molecule has 0 N–H and O–H groups in total. The van der Waals surface area contributed by atoms with Gasteiger partial charge in [0.25, 0.3) is 0 Å². The summed E-state index contributed by atoms with van der Waals surface area (Å²) in [6, 6.07) is 0. The third-order valence-electron chi connectivity index (χ3n) is 12.5. The van der Waals surface area contributed by atoms with Gasteiger partial charge in [0, 0.05) is 5.92 Å². The van der Waals surface area contributed by atoms with Crippen LogP contribution in [0.15, 0.2) is 0 Å². The second kappa shape index (κ2) is 7.96. The molecule has 4 fully saturated rings. The van der Waals surface area contributed by atoms with Crippen molar-refractivity contribution in [2.45, 2.75) is 159 Å². The topological polar surface area (TPSA) is 0 Å². The van der Waals surface area contributed by atoms with Crippen LogP contribution in [0.3, 0.4) is 0 Å². The van der Waals surface area contributed by atoms with Crippen LogP contribution in [-0.4, -0.2) is 57.8 Å². The molecule has 0 amide bonds. The predicted molar refractivity (Wildman–Crippen MR) is 154 cm³/mol. The summed E-state index contributed by atoms with van der Waals surface area (Å²) in [6.07, 6.45) is 2.68. The summed E-state index contributed by atoms with van der Waals surface area (Å²) in [4.78, 5) is 0. The van der Waals surface area contributed by atoms with Gasteiger partial charge in [-0.05, 0) is 92.9 Å². The number of nitrogens with zero attached hydrogens (tertiary/aromatic N) is 2. The van der Waals surface area contributed by atoms with Crippen LogP contribution in [0.25, 0.3) is 0 Å². The zero-order valence-corrected chi connectivity index (χ0v) is 26.5. The van der Waals surface area contributed by atoms with Gasteiger partial charge in [0.05, 0.1) is 38.5 Å². The molecule has 0 radical (unpaired) electrons. The SMILES string of the molecule is C.CC(C)(C)CC1C(C)(C)[N+](C)(C)C1(C)C.CC(C)(C)CC1C2C(C)(C)[N+](C)(C1(C)C)C2(C)C. The minimum absolute atomic E-state index is 0. The maximum Gasteiger partial charge on any atom is 0.104 e. The van der Waals surface area contributed by atoms with Crippen molar-refractivity contribution in [1.82, 2.24) is 0 Å². The molecule has 0 aliphatic carbocycles. The fourth-order valence-corrected chi connectivity index (χ4v) is 9.77. The lowest BCUT2D eigenvalue weighted by Gasteiger charge is -2.71. The number of hydrogen-bond donors (Lipinski definition) is 0. The lowest BCUT2D eigenvalue weighted by Crippen LogP contribution is -2.84. The Morgan fingerprint density at radius 2 is 0.853 bits per heavy atom. The Balaban J connectivity index is 0.000000336. The molecule has 2 nitrogen and oxygen atoms in total. The zero-order chi connectivity index (χ0) is 26.6. The quantitative estimate of drug-likeness (QED) is 0.346. The van der Waals surface area contributed by atoms with Gasteiger partial charge in [-0.3, -0.25) is 0 Å². The molecule has 4 aliphatic heterocycles. The highest BCUT2D eigenvalue weighted by atomic mass is 15.6. The largest absolute Gasteiger partial charge is 0.319 e.